The molecule has 0 amide bonds. The molecule has 0 saturated heterocycles. The van der Waals surface area contributed by atoms with Crippen LogP contribution in [0.4, 0.5) is 17.1 Å². The molecule has 10 aromatic carbocycles. The summed E-state index contributed by atoms with van der Waals surface area (Å²) in [6.07, 6.45) is 0. The van der Waals surface area contributed by atoms with E-state index < -0.39 is 0 Å². The van der Waals surface area contributed by atoms with Crippen molar-refractivity contribution in [1.82, 2.24) is 0 Å². The minimum absolute atomic E-state index is 0.892. The molecule has 11 rings (SSSR count). The van der Waals surface area contributed by atoms with Gasteiger partial charge >= 0.3 is 0 Å². The van der Waals surface area contributed by atoms with Gasteiger partial charge in [-0.05, 0) is 121 Å². The number of hydrogen-bond donors (Lipinski definition) is 0. The first kappa shape index (κ1) is 33.6. The van der Waals surface area contributed by atoms with Crippen LogP contribution >= 0.6 is 0 Å². The van der Waals surface area contributed by atoms with Crippen LogP contribution in [0.15, 0.2) is 229 Å². The van der Waals surface area contributed by atoms with E-state index in [1.807, 2.05) is 12.1 Å². The first-order valence-electron chi connectivity index (χ1n) is 19.8. The SMILES string of the molecule is c1cc(-c2ccc(-c3cccc4ccccc34)cc2)cc(N(c2cccc(-c3ccc4ccccc4c3)c2)c2cccc(-c3cccc4oc5ccccc5c34)c2)c1. The minimum atomic E-state index is 0.892. The summed E-state index contributed by atoms with van der Waals surface area (Å²) < 4.78 is 6.31. The predicted molar refractivity (Wildman–Crippen MR) is 245 cm³/mol. The zero-order valence-electron chi connectivity index (χ0n) is 31.7. The number of rotatable bonds is 7. The standard InChI is InChI=1S/C56H37NO/c1-2-14-42-34-45(33-30-38(42)12-1)44-17-8-20-48(36-44)57(49-21-9-18-46(37-49)52-25-11-27-55-56(52)53-23-5-6-26-54(53)58-55)47-19-7-16-43(35-47)39-28-31-41(32-29-39)51-24-10-15-40-13-3-4-22-50(40)51/h1-37H. The second kappa shape index (κ2) is 14.1. The molecule has 2 nitrogen and oxygen atoms in total. The Morgan fingerprint density at radius 1 is 0.276 bits per heavy atom. The summed E-state index contributed by atoms with van der Waals surface area (Å²) >= 11 is 0. The van der Waals surface area contributed by atoms with Gasteiger partial charge in [-0.25, -0.2) is 0 Å². The monoisotopic (exact) mass is 739 g/mol. The quantitative estimate of drug-likeness (QED) is 0.162. The predicted octanol–water partition coefficient (Wildman–Crippen LogP) is 16.0. The normalized spacial score (nSPS) is 11.4. The van der Waals surface area contributed by atoms with Gasteiger partial charge in [-0.15, -0.1) is 0 Å². The molecule has 0 unspecified atom stereocenters. The molecule has 11 aromatic rings. The van der Waals surface area contributed by atoms with Gasteiger partial charge in [-0.2, -0.15) is 0 Å². The lowest BCUT2D eigenvalue weighted by molar-refractivity contribution is 0.669. The second-order valence-corrected chi connectivity index (χ2v) is 14.9. The summed E-state index contributed by atoms with van der Waals surface area (Å²) in [7, 11) is 0. The van der Waals surface area contributed by atoms with Crippen molar-refractivity contribution in [3.05, 3.63) is 224 Å². The van der Waals surface area contributed by atoms with Crippen LogP contribution in [-0.2, 0) is 0 Å². The van der Waals surface area contributed by atoms with Gasteiger partial charge in [0.2, 0.25) is 0 Å². The number of anilines is 3. The maximum Gasteiger partial charge on any atom is 0.136 e. The minimum Gasteiger partial charge on any atom is -0.456 e. The maximum atomic E-state index is 6.31. The van der Waals surface area contributed by atoms with Crippen molar-refractivity contribution in [2.75, 3.05) is 4.90 Å². The zero-order chi connectivity index (χ0) is 38.4. The van der Waals surface area contributed by atoms with E-state index in [0.29, 0.717) is 0 Å². The molecule has 272 valence electrons. The van der Waals surface area contributed by atoms with Crippen LogP contribution in [0.1, 0.15) is 0 Å². The van der Waals surface area contributed by atoms with Crippen LogP contribution in [0.3, 0.4) is 0 Å². The van der Waals surface area contributed by atoms with E-state index in [9.17, 15) is 0 Å². The number of nitrogens with zero attached hydrogens (tertiary/aromatic N) is 1. The van der Waals surface area contributed by atoms with Crippen LogP contribution in [0.2, 0.25) is 0 Å². The highest BCUT2D eigenvalue weighted by atomic mass is 16.3. The van der Waals surface area contributed by atoms with Crippen LogP contribution in [0.25, 0.3) is 88.0 Å². The molecule has 58 heavy (non-hydrogen) atoms. The Labute approximate surface area is 337 Å². The van der Waals surface area contributed by atoms with Gasteiger partial charge in [-0.3, -0.25) is 0 Å². The van der Waals surface area contributed by atoms with Gasteiger partial charge in [0.05, 0.1) is 0 Å². The first-order valence-corrected chi connectivity index (χ1v) is 19.8. The van der Waals surface area contributed by atoms with Crippen LogP contribution in [0.5, 0.6) is 0 Å². The fourth-order valence-corrected chi connectivity index (χ4v) is 8.61. The highest BCUT2D eigenvalue weighted by molar-refractivity contribution is 6.12. The Balaban J connectivity index is 1.04. The van der Waals surface area contributed by atoms with Crippen molar-refractivity contribution >= 4 is 60.5 Å². The molecule has 0 aliphatic carbocycles. The summed E-state index contributed by atoms with van der Waals surface area (Å²) in [4.78, 5) is 2.38. The van der Waals surface area contributed by atoms with E-state index in [-0.39, 0.29) is 0 Å². The zero-order valence-corrected chi connectivity index (χ0v) is 31.7. The van der Waals surface area contributed by atoms with Crippen LogP contribution in [0, 0.1) is 0 Å². The van der Waals surface area contributed by atoms with E-state index in [4.69, 9.17) is 4.42 Å². The third-order valence-electron chi connectivity index (χ3n) is 11.4. The second-order valence-electron chi connectivity index (χ2n) is 14.9. The maximum absolute atomic E-state index is 6.31. The van der Waals surface area contributed by atoms with E-state index in [1.165, 1.54) is 49.4 Å². The number of hydrogen-bond acceptors (Lipinski definition) is 2. The third kappa shape index (κ3) is 6.00. The summed E-state index contributed by atoms with van der Waals surface area (Å²) in [5.74, 6) is 0. The Morgan fingerprint density at radius 3 is 1.55 bits per heavy atom. The topological polar surface area (TPSA) is 16.4 Å². The Bertz CT molecular complexity index is 3290. The van der Waals surface area contributed by atoms with Crippen molar-refractivity contribution in [2.24, 2.45) is 0 Å². The van der Waals surface area contributed by atoms with Crippen molar-refractivity contribution in [3.63, 3.8) is 0 Å². The van der Waals surface area contributed by atoms with Crippen LogP contribution in [-0.4, -0.2) is 0 Å². The van der Waals surface area contributed by atoms with E-state index in [1.54, 1.807) is 0 Å². The Morgan fingerprint density at radius 2 is 0.776 bits per heavy atom. The molecular formula is C56H37NO. The van der Waals surface area contributed by atoms with Crippen molar-refractivity contribution < 1.29 is 4.42 Å². The molecule has 0 spiro atoms. The number of furan rings is 1. The van der Waals surface area contributed by atoms with Crippen molar-refractivity contribution in [3.8, 4) is 44.5 Å². The summed E-state index contributed by atoms with van der Waals surface area (Å²) in [5.41, 5.74) is 14.4. The molecule has 0 aliphatic heterocycles. The molecule has 0 bridgehead atoms. The Kier molecular flexibility index (Phi) is 8.19. The highest BCUT2D eigenvalue weighted by Gasteiger charge is 2.18. The fraction of sp³-hybridized carbons (Fsp3) is 0. The molecule has 0 saturated carbocycles. The fourth-order valence-electron chi connectivity index (χ4n) is 8.61. The molecule has 0 aliphatic rings. The van der Waals surface area contributed by atoms with E-state index in [0.717, 1.165) is 55.7 Å². The molecule has 1 aromatic heterocycles. The lowest BCUT2D eigenvalue weighted by Crippen LogP contribution is -2.10. The lowest BCUT2D eigenvalue weighted by Gasteiger charge is -2.27. The van der Waals surface area contributed by atoms with Gasteiger partial charge in [0.15, 0.2) is 0 Å². The first-order chi connectivity index (χ1) is 28.7. The molecule has 0 fully saturated rings. The van der Waals surface area contributed by atoms with E-state index >= 15 is 0 Å². The molecule has 1 heterocycles. The van der Waals surface area contributed by atoms with E-state index in [2.05, 4.69) is 217 Å². The van der Waals surface area contributed by atoms with Crippen molar-refractivity contribution in [1.29, 1.82) is 0 Å². The van der Waals surface area contributed by atoms with Gasteiger partial charge in [-0.1, -0.05) is 170 Å². The molecule has 0 radical (unpaired) electrons. The Hall–Kier alpha value is -7.68. The van der Waals surface area contributed by atoms with Gasteiger partial charge < -0.3 is 9.32 Å². The molecule has 0 N–H and O–H groups in total. The third-order valence-corrected chi connectivity index (χ3v) is 11.4. The summed E-state index contributed by atoms with van der Waals surface area (Å²) in [5, 5.41) is 7.24. The summed E-state index contributed by atoms with van der Waals surface area (Å²) in [6, 6.07) is 80.8. The number of fused-ring (bicyclic) bond motifs is 5. The molecule has 2 heteroatoms. The smallest absolute Gasteiger partial charge is 0.136 e. The van der Waals surface area contributed by atoms with Gasteiger partial charge in [0.25, 0.3) is 0 Å². The summed E-state index contributed by atoms with van der Waals surface area (Å²) in [6.45, 7) is 0. The highest BCUT2D eigenvalue weighted by Crippen LogP contribution is 2.42. The van der Waals surface area contributed by atoms with Crippen molar-refractivity contribution in [2.45, 2.75) is 0 Å². The van der Waals surface area contributed by atoms with Crippen LogP contribution < -0.4 is 4.90 Å². The molecular weight excluding hydrogens is 703 g/mol. The largest absolute Gasteiger partial charge is 0.456 e. The average Bonchev–Trinajstić information content (AvgIpc) is 3.68. The van der Waals surface area contributed by atoms with Gasteiger partial charge in [0, 0.05) is 27.8 Å². The average molecular weight is 740 g/mol. The van der Waals surface area contributed by atoms with Gasteiger partial charge in [0.1, 0.15) is 11.2 Å². The number of para-hydroxylation sites is 1. The molecule has 0 atom stereocenters. The number of benzene rings is 10. The lowest BCUT2D eigenvalue weighted by atomic mass is 9.96.